The van der Waals surface area contributed by atoms with E-state index in [1.165, 1.54) is 4.88 Å². The molecular formula is C12H20N2OS. The van der Waals surface area contributed by atoms with Crippen molar-refractivity contribution in [2.24, 2.45) is 11.7 Å². The van der Waals surface area contributed by atoms with E-state index in [2.05, 4.69) is 12.2 Å². The lowest BCUT2D eigenvalue weighted by molar-refractivity contribution is -0.121. The molecule has 0 aliphatic rings. The zero-order valence-corrected chi connectivity index (χ0v) is 10.6. The van der Waals surface area contributed by atoms with Crippen molar-refractivity contribution < 1.29 is 4.79 Å². The fraction of sp³-hybridized carbons (Fsp3) is 0.583. The Balaban J connectivity index is 2.11. The molecule has 1 rings (SSSR count). The van der Waals surface area contributed by atoms with Crippen LogP contribution in [0.15, 0.2) is 17.5 Å². The van der Waals surface area contributed by atoms with Gasteiger partial charge in [0.15, 0.2) is 0 Å². The maximum Gasteiger partial charge on any atom is 0.220 e. The van der Waals surface area contributed by atoms with E-state index in [1.54, 1.807) is 11.3 Å². The zero-order chi connectivity index (χ0) is 11.8. The van der Waals surface area contributed by atoms with E-state index in [-0.39, 0.29) is 5.91 Å². The lowest BCUT2D eigenvalue weighted by atomic mass is 10.0. The molecule has 0 radical (unpaired) electrons. The third-order valence-corrected chi connectivity index (χ3v) is 3.44. The Morgan fingerprint density at radius 2 is 2.38 bits per heavy atom. The highest BCUT2D eigenvalue weighted by molar-refractivity contribution is 7.09. The first-order chi connectivity index (χ1) is 7.72. The first-order valence-electron chi connectivity index (χ1n) is 5.71. The summed E-state index contributed by atoms with van der Waals surface area (Å²) in [4.78, 5) is 12.7. The molecule has 1 aromatic rings. The summed E-state index contributed by atoms with van der Waals surface area (Å²) in [5.41, 5.74) is 5.46. The van der Waals surface area contributed by atoms with Crippen molar-refractivity contribution in [1.82, 2.24) is 5.32 Å². The van der Waals surface area contributed by atoms with Gasteiger partial charge in [0.05, 0.1) is 6.54 Å². The zero-order valence-electron chi connectivity index (χ0n) is 9.74. The second-order valence-electron chi connectivity index (χ2n) is 4.08. The topological polar surface area (TPSA) is 55.1 Å². The largest absolute Gasteiger partial charge is 0.351 e. The van der Waals surface area contributed by atoms with Crippen LogP contribution in [0.3, 0.4) is 0 Å². The number of thiophene rings is 1. The number of hydrogen-bond acceptors (Lipinski definition) is 3. The summed E-state index contributed by atoms with van der Waals surface area (Å²) in [5.74, 6) is 0.676. The van der Waals surface area contributed by atoms with E-state index in [0.29, 0.717) is 25.4 Å². The number of nitrogens with one attached hydrogen (secondary N) is 1. The summed E-state index contributed by atoms with van der Waals surface area (Å²) in [6.07, 6.45) is 2.53. The van der Waals surface area contributed by atoms with Crippen LogP contribution in [0.2, 0.25) is 0 Å². The molecule has 0 fully saturated rings. The molecule has 4 heteroatoms. The quantitative estimate of drug-likeness (QED) is 0.767. The van der Waals surface area contributed by atoms with Crippen molar-refractivity contribution in [2.75, 3.05) is 6.54 Å². The van der Waals surface area contributed by atoms with Crippen molar-refractivity contribution in [3.8, 4) is 0 Å². The van der Waals surface area contributed by atoms with Crippen LogP contribution in [-0.4, -0.2) is 12.5 Å². The highest BCUT2D eigenvalue weighted by Gasteiger charge is 2.06. The first kappa shape index (κ1) is 13.2. The minimum Gasteiger partial charge on any atom is -0.351 e. The molecule has 0 saturated heterocycles. The smallest absolute Gasteiger partial charge is 0.220 e. The molecule has 0 bridgehead atoms. The molecule has 1 amide bonds. The van der Waals surface area contributed by atoms with Crippen LogP contribution in [0.4, 0.5) is 0 Å². The van der Waals surface area contributed by atoms with Gasteiger partial charge in [0, 0.05) is 11.3 Å². The van der Waals surface area contributed by atoms with Crippen LogP contribution >= 0.6 is 11.3 Å². The molecule has 0 aliphatic heterocycles. The summed E-state index contributed by atoms with van der Waals surface area (Å²) in [7, 11) is 0. The average Bonchev–Trinajstić information content (AvgIpc) is 2.77. The molecule has 1 heterocycles. The molecule has 0 saturated carbocycles. The van der Waals surface area contributed by atoms with Gasteiger partial charge in [-0.05, 0) is 36.8 Å². The van der Waals surface area contributed by atoms with Crippen LogP contribution in [0, 0.1) is 5.92 Å². The Morgan fingerprint density at radius 1 is 1.56 bits per heavy atom. The van der Waals surface area contributed by atoms with Gasteiger partial charge in [0.1, 0.15) is 0 Å². The standard InChI is InChI=1S/C12H20N2OS/c1-10(6-7-13)4-5-12(15)14-9-11-3-2-8-16-11/h2-3,8,10H,4-7,9,13H2,1H3,(H,14,15). The van der Waals surface area contributed by atoms with Gasteiger partial charge in [-0.1, -0.05) is 13.0 Å². The van der Waals surface area contributed by atoms with E-state index in [0.717, 1.165) is 12.8 Å². The number of carbonyl (C=O) groups excluding carboxylic acids is 1. The molecular weight excluding hydrogens is 220 g/mol. The summed E-state index contributed by atoms with van der Waals surface area (Å²) in [6.45, 7) is 3.50. The highest BCUT2D eigenvalue weighted by atomic mass is 32.1. The monoisotopic (exact) mass is 240 g/mol. The van der Waals surface area contributed by atoms with Gasteiger partial charge < -0.3 is 11.1 Å². The van der Waals surface area contributed by atoms with Gasteiger partial charge in [0.25, 0.3) is 0 Å². The van der Waals surface area contributed by atoms with Crippen molar-refractivity contribution in [3.05, 3.63) is 22.4 Å². The van der Waals surface area contributed by atoms with Crippen molar-refractivity contribution >= 4 is 17.2 Å². The van der Waals surface area contributed by atoms with Crippen LogP contribution in [0.25, 0.3) is 0 Å². The molecule has 16 heavy (non-hydrogen) atoms. The predicted molar refractivity (Wildman–Crippen MR) is 68.2 cm³/mol. The molecule has 0 aliphatic carbocycles. The molecule has 3 nitrogen and oxygen atoms in total. The molecule has 0 spiro atoms. The summed E-state index contributed by atoms with van der Waals surface area (Å²) in [6, 6.07) is 4.03. The predicted octanol–water partition coefficient (Wildman–Crippen LogP) is 2.13. The van der Waals surface area contributed by atoms with E-state index < -0.39 is 0 Å². The molecule has 1 aromatic heterocycles. The van der Waals surface area contributed by atoms with Gasteiger partial charge in [-0.2, -0.15) is 0 Å². The average molecular weight is 240 g/mol. The van der Waals surface area contributed by atoms with Gasteiger partial charge in [-0.15, -0.1) is 11.3 Å². The Hall–Kier alpha value is -0.870. The van der Waals surface area contributed by atoms with E-state index in [4.69, 9.17) is 5.73 Å². The Kier molecular flexibility index (Phi) is 6.11. The molecule has 90 valence electrons. The Labute approximate surface area is 101 Å². The van der Waals surface area contributed by atoms with Gasteiger partial charge in [-0.25, -0.2) is 0 Å². The molecule has 3 N–H and O–H groups in total. The minimum absolute atomic E-state index is 0.136. The van der Waals surface area contributed by atoms with Gasteiger partial charge >= 0.3 is 0 Å². The number of carbonyl (C=O) groups is 1. The van der Waals surface area contributed by atoms with Crippen molar-refractivity contribution in [2.45, 2.75) is 32.7 Å². The third-order valence-electron chi connectivity index (χ3n) is 2.56. The Morgan fingerprint density at radius 3 is 3.00 bits per heavy atom. The van der Waals surface area contributed by atoms with E-state index in [9.17, 15) is 4.79 Å². The number of hydrogen-bond donors (Lipinski definition) is 2. The summed E-state index contributed by atoms with van der Waals surface area (Å²) < 4.78 is 0. The molecule has 1 unspecified atom stereocenters. The SMILES string of the molecule is CC(CCN)CCC(=O)NCc1cccs1. The first-order valence-corrected chi connectivity index (χ1v) is 6.59. The number of rotatable bonds is 7. The van der Waals surface area contributed by atoms with Gasteiger partial charge in [-0.3, -0.25) is 4.79 Å². The lowest BCUT2D eigenvalue weighted by Crippen LogP contribution is -2.22. The van der Waals surface area contributed by atoms with Crippen LogP contribution in [0.5, 0.6) is 0 Å². The Bertz CT molecular complexity index is 298. The highest BCUT2D eigenvalue weighted by Crippen LogP contribution is 2.10. The minimum atomic E-state index is 0.136. The van der Waals surface area contributed by atoms with E-state index in [1.807, 2.05) is 17.5 Å². The maximum absolute atomic E-state index is 11.5. The normalized spacial score (nSPS) is 12.4. The lowest BCUT2D eigenvalue weighted by Gasteiger charge is -2.09. The van der Waals surface area contributed by atoms with Crippen LogP contribution < -0.4 is 11.1 Å². The second-order valence-corrected chi connectivity index (χ2v) is 5.11. The summed E-state index contributed by atoms with van der Waals surface area (Å²) in [5, 5.41) is 4.94. The third kappa shape index (κ3) is 5.28. The van der Waals surface area contributed by atoms with Crippen LogP contribution in [-0.2, 0) is 11.3 Å². The maximum atomic E-state index is 11.5. The fourth-order valence-electron chi connectivity index (χ4n) is 1.49. The number of nitrogens with two attached hydrogens (primary N) is 1. The summed E-state index contributed by atoms with van der Waals surface area (Å²) >= 11 is 1.67. The van der Waals surface area contributed by atoms with Gasteiger partial charge in [0.2, 0.25) is 5.91 Å². The van der Waals surface area contributed by atoms with Crippen molar-refractivity contribution in [3.63, 3.8) is 0 Å². The molecule has 0 aromatic carbocycles. The number of amides is 1. The van der Waals surface area contributed by atoms with Crippen molar-refractivity contribution in [1.29, 1.82) is 0 Å². The van der Waals surface area contributed by atoms with E-state index >= 15 is 0 Å². The second kappa shape index (κ2) is 7.41. The fourth-order valence-corrected chi connectivity index (χ4v) is 2.14. The van der Waals surface area contributed by atoms with Crippen LogP contribution in [0.1, 0.15) is 31.1 Å². The molecule has 1 atom stereocenters.